The normalized spacial score (nSPS) is 17.7. The van der Waals surface area contributed by atoms with E-state index in [1.54, 1.807) is 12.0 Å². The number of rotatable bonds is 6. The van der Waals surface area contributed by atoms with Gasteiger partial charge in [-0.1, -0.05) is 30.3 Å². The number of anilines is 2. The molecule has 2 unspecified atom stereocenters. The SMILES string of the molecule is COc1ccc(N2C(=O)CCC(C(=O)Nc3ccc(-n4cnnn4)cc3)C2c2ccccc2)cc1. The lowest BCUT2D eigenvalue weighted by Crippen LogP contribution is -2.46. The summed E-state index contributed by atoms with van der Waals surface area (Å²) in [5.41, 5.74) is 3.08. The minimum atomic E-state index is -0.439. The van der Waals surface area contributed by atoms with E-state index in [2.05, 4.69) is 20.8 Å². The molecule has 5 rings (SSSR count). The zero-order valence-corrected chi connectivity index (χ0v) is 19.1. The van der Waals surface area contributed by atoms with Gasteiger partial charge in [0.25, 0.3) is 0 Å². The summed E-state index contributed by atoms with van der Waals surface area (Å²) in [6, 6.07) is 23.9. The molecule has 9 nitrogen and oxygen atoms in total. The highest BCUT2D eigenvalue weighted by atomic mass is 16.5. The van der Waals surface area contributed by atoms with E-state index in [1.807, 2.05) is 78.9 Å². The lowest BCUT2D eigenvalue weighted by atomic mass is 9.83. The second-order valence-electron chi connectivity index (χ2n) is 8.25. The van der Waals surface area contributed by atoms with E-state index in [4.69, 9.17) is 4.74 Å². The van der Waals surface area contributed by atoms with Gasteiger partial charge in [0.1, 0.15) is 12.1 Å². The fraction of sp³-hybridized carbons (Fsp3) is 0.192. The first-order chi connectivity index (χ1) is 17.1. The monoisotopic (exact) mass is 468 g/mol. The van der Waals surface area contributed by atoms with Gasteiger partial charge in [0.2, 0.25) is 11.8 Å². The Kier molecular flexibility index (Phi) is 6.21. The molecule has 2 amide bonds. The lowest BCUT2D eigenvalue weighted by molar-refractivity contribution is -0.125. The molecule has 9 heteroatoms. The minimum Gasteiger partial charge on any atom is -0.497 e. The number of hydrogen-bond donors (Lipinski definition) is 1. The van der Waals surface area contributed by atoms with Gasteiger partial charge in [0.15, 0.2) is 0 Å². The first-order valence-corrected chi connectivity index (χ1v) is 11.3. The molecule has 0 bridgehead atoms. The Bertz CT molecular complexity index is 1290. The van der Waals surface area contributed by atoms with Crippen LogP contribution in [0.1, 0.15) is 24.4 Å². The number of nitrogens with zero attached hydrogens (tertiary/aromatic N) is 5. The molecule has 0 saturated carbocycles. The van der Waals surface area contributed by atoms with Gasteiger partial charge in [-0.3, -0.25) is 9.59 Å². The van der Waals surface area contributed by atoms with Crippen LogP contribution in [-0.4, -0.2) is 39.1 Å². The van der Waals surface area contributed by atoms with Crippen molar-refractivity contribution in [2.75, 3.05) is 17.3 Å². The smallest absolute Gasteiger partial charge is 0.229 e. The molecule has 2 atom stereocenters. The zero-order chi connectivity index (χ0) is 24.2. The van der Waals surface area contributed by atoms with Crippen LogP contribution < -0.4 is 15.0 Å². The van der Waals surface area contributed by atoms with Gasteiger partial charge in [-0.25, -0.2) is 4.68 Å². The lowest BCUT2D eigenvalue weighted by Gasteiger charge is -2.41. The number of carbonyl (C=O) groups excluding carboxylic acids is 2. The van der Waals surface area contributed by atoms with E-state index in [0.717, 1.165) is 16.9 Å². The summed E-state index contributed by atoms with van der Waals surface area (Å²) in [6.07, 6.45) is 2.25. The quantitative estimate of drug-likeness (QED) is 0.462. The molecule has 1 aromatic heterocycles. The van der Waals surface area contributed by atoms with Crippen LogP contribution in [0, 0.1) is 5.92 Å². The Morgan fingerprint density at radius 1 is 0.971 bits per heavy atom. The first kappa shape index (κ1) is 22.3. The van der Waals surface area contributed by atoms with Crippen molar-refractivity contribution in [3.63, 3.8) is 0 Å². The van der Waals surface area contributed by atoms with Crippen LogP contribution in [0.25, 0.3) is 5.69 Å². The third-order valence-electron chi connectivity index (χ3n) is 6.17. The fourth-order valence-corrected chi connectivity index (χ4v) is 4.46. The Balaban J connectivity index is 1.44. The van der Waals surface area contributed by atoms with Crippen LogP contribution in [-0.2, 0) is 9.59 Å². The highest BCUT2D eigenvalue weighted by molar-refractivity contribution is 6.00. The van der Waals surface area contributed by atoms with Crippen molar-refractivity contribution in [3.8, 4) is 11.4 Å². The molecule has 176 valence electrons. The van der Waals surface area contributed by atoms with Gasteiger partial charge in [-0.2, -0.15) is 0 Å². The van der Waals surface area contributed by atoms with Crippen molar-refractivity contribution < 1.29 is 14.3 Å². The average Bonchev–Trinajstić information content (AvgIpc) is 3.45. The summed E-state index contributed by atoms with van der Waals surface area (Å²) in [6.45, 7) is 0. The molecule has 1 aliphatic rings. The van der Waals surface area contributed by atoms with Crippen molar-refractivity contribution in [1.82, 2.24) is 20.2 Å². The van der Waals surface area contributed by atoms with Crippen LogP contribution in [0.2, 0.25) is 0 Å². The molecule has 1 aliphatic heterocycles. The van der Waals surface area contributed by atoms with E-state index >= 15 is 0 Å². The molecule has 3 aromatic carbocycles. The van der Waals surface area contributed by atoms with Gasteiger partial charge in [-0.15, -0.1) is 5.10 Å². The maximum absolute atomic E-state index is 13.5. The molecule has 1 saturated heterocycles. The maximum Gasteiger partial charge on any atom is 0.229 e. The summed E-state index contributed by atoms with van der Waals surface area (Å²) in [4.78, 5) is 28.4. The van der Waals surface area contributed by atoms with Gasteiger partial charge in [0.05, 0.1) is 24.8 Å². The number of hydrogen-bond acceptors (Lipinski definition) is 6. The van der Waals surface area contributed by atoms with Gasteiger partial charge in [0, 0.05) is 17.8 Å². The largest absolute Gasteiger partial charge is 0.497 e. The number of aromatic nitrogens is 4. The van der Waals surface area contributed by atoms with Crippen molar-refractivity contribution >= 4 is 23.2 Å². The zero-order valence-electron chi connectivity index (χ0n) is 19.1. The molecule has 1 fully saturated rings. The van der Waals surface area contributed by atoms with Crippen molar-refractivity contribution in [2.24, 2.45) is 5.92 Å². The third kappa shape index (κ3) is 4.61. The third-order valence-corrected chi connectivity index (χ3v) is 6.17. The van der Waals surface area contributed by atoms with Crippen molar-refractivity contribution in [2.45, 2.75) is 18.9 Å². The van der Waals surface area contributed by atoms with Crippen LogP contribution in [0.3, 0.4) is 0 Å². The maximum atomic E-state index is 13.5. The fourth-order valence-electron chi connectivity index (χ4n) is 4.46. The van der Waals surface area contributed by atoms with E-state index in [-0.39, 0.29) is 18.2 Å². The Morgan fingerprint density at radius 3 is 2.34 bits per heavy atom. The first-order valence-electron chi connectivity index (χ1n) is 11.3. The topological polar surface area (TPSA) is 102 Å². The van der Waals surface area contributed by atoms with Crippen molar-refractivity contribution in [3.05, 3.63) is 90.8 Å². The summed E-state index contributed by atoms with van der Waals surface area (Å²) in [5, 5.41) is 14.2. The Hall–Kier alpha value is -4.53. The van der Waals surface area contributed by atoms with Crippen LogP contribution in [0.4, 0.5) is 11.4 Å². The number of tetrazole rings is 1. The summed E-state index contributed by atoms with van der Waals surface area (Å²) in [5.74, 6) is 0.115. The molecule has 0 aliphatic carbocycles. The molecule has 0 spiro atoms. The molecule has 0 radical (unpaired) electrons. The van der Waals surface area contributed by atoms with Gasteiger partial charge in [-0.05, 0) is 70.9 Å². The number of nitrogens with one attached hydrogen (secondary N) is 1. The van der Waals surface area contributed by atoms with E-state index < -0.39 is 12.0 Å². The molecular weight excluding hydrogens is 444 g/mol. The van der Waals surface area contributed by atoms with Crippen LogP contribution in [0.5, 0.6) is 5.75 Å². The summed E-state index contributed by atoms with van der Waals surface area (Å²) >= 11 is 0. The second kappa shape index (κ2) is 9.76. The predicted octanol–water partition coefficient (Wildman–Crippen LogP) is 3.79. The molecule has 35 heavy (non-hydrogen) atoms. The second-order valence-corrected chi connectivity index (χ2v) is 8.25. The van der Waals surface area contributed by atoms with Gasteiger partial charge >= 0.3 is 0 Å². The van der Waals surface area contributed by atoms with E-state index in [1.165, 1.54) is 11.0 Å². The van der Waals surface area contributed by atoms with Crippen molar-refractivity contribution in [1.29, 1.82) is 0 Å². The number of ether oxygens (including phenoxy) is 1. The highest BCUT2D eigenvalue weighted by Gasteiger charge is 2.41. The summed E-state index contributed by atoms with van der Waals surface area (Å²) in [7, 11) is 1.60. The Labute approximate surface area is 202 Å². The molecule has 1 N–H and O–H groups in total. The standard InChI is InChI=1S/C26H24N6O3/c1-35-22-13-11-21(12-14-22)32-24(33)16-15-23(25(32)18-5-3-2-4-6-18)26(34)28-19-7-9-20(10-8-19)31-17-27-29-30-31/h2-14,17,23,25H,15-16H2,1H3,(H,28,34). The number of methoxy groups -OCH3 is 1. The number of piperidine rings is 1. The highest BCUT2D eigenvalue weighted by Crippen LogP contribution is 2.40. The summed E-state index contributed by atoms with van der Waals surface area (Å²) < 4.78 is 6.81. The van der Waals surface area contributed by atoms with Gasteiger partial charge < -0.3 is 15.0 Å². The number of benzene rings is 3. The van der Waals surface area contributed by atoms with E-state index in [0.29, 0.717) is 17.9 Å². The molecule has 4 aromatic rings. The molecular formula is C26H24N6O3. The Morgan fingerprint density at radius 2 is 1.69 bits per heavy atom. The number of amides is 2. The minimum absolute atomic E-state index is 0.0149. The number of carbonyl (C=O) groups is 2. The van der Waals surface area contributed by atoms with Crippen LogP contribution >= 0.6 is 0 Å². The average molecular weight is 469 g/mol. The van der Waals surface area contributed by atoms with Crippen LogP contribution in [0.15, 0.2) is 85.2 Å². The predicted molar refractivity (Wildman–Crippen MR) is 130 cm³/mol. The molecule has 2 heterocycles. The van der Waals surface area contributed by atoms with E-state index in [9.17, 15) is 9.59 Å².